The lowest BCUT2D eigenvalue weighted by Gasteiger charge is -2.18. The molecule has 3 amide bonds. The Morgan fingerprint density at radius 2 is 1.67 bits per heavy atom. The first-order valence-electron chi connectivity index (χ1n) is 8.85. The van der Waals surface area contributed by atoms with E-state index in [2.05, 4.69) is 16.0 Å². The fraction of sp³-hybridized carbons (Fsp3) is 0.238. The molecule has 0 aliphatic rings. The number of carbonyl (C=O) groups is 2. The van der Waals surface area contributed by atoms with Crippen LogP contribution in [0.2, 0.25) is 0 Å². The minimum absolute atomic E-state index is 0.134. The lowest BCUT2D eigenvalue weighted by molar-refractivity contribution is -0.114. The van der Waals surface area contributed by atoms with Gasteiger partial charge in [-0.3, -0.25) is 4.79 Å². The summed E-state index contributed by atoms with van der Waals surface area (Å²) in [7, 11) is 0. The minimum atomic E-state index is -0.291. The summed E-state index contributed by atoms with van der Waals surface area (Å²) in [5.41, 5.74) is 2.39. The first-order valence-corrected chi connectivity index (χ1v) is 8.85. The summed E-state index contributed by atoms with van der Waals surface area (Å²) in [6, 6.07) is 16.3. The van der Waals surface area contributed by atoms with Gasteiger partial charge in [-0.05, 0) is 43.7 Å². The molecule has 0 saturated carbocycles. The third-order valence-corrected chi connectivity index (χ3v) is 4.27. The zero-order chi connectivity index (χ0) is 19.4. The quantitative estimate of drug-likeness (QED) is 0.622. The summed E-state index contributed by atoms with van der Waals surface area (Å²) in [5.74, 6) is 0.567. The van der Waals surface area contributed by atoms with E-state index in [-0.39, 0.29) is 24.0 Å². The zero-order valence-corrected chi connectivity index (χ0v) is 15.6. The van der Waals surface area contributed by atoms with Crippen LogP contribution in [0.4, 0.5) is 10.5 Å². The number of fused-ring (bicyclic) bond motifs is 1. The second kappa shape index (κ2) is 7.95. The largest absolute Gasteiger partial charge is 0.459 e. The number of furan rings is 1. The van der Waals surface area contributed by atoms with Crippen LogP contribution < -0.4 is 16.0 Å². The second-order valence-electron chi connectivity index (χ2n) is 6.55. The average molecular weight is 365 g/mol. The van der Waals surface area contributed by atoms with Gasteiger partial charge in [-0.25, -0.2) is 4.79 Å². The predicted octanol–water partition coefficient (Wildman–Crippen LogP) is 4.51. The van der Waals surface area contributed by atoms with E-state index in [1.807, 2.05) is 62.4 Å². The number of rotatable bonds is 5. The summed E-state index contributed by atoms with van der Waals surface area (Å²) in [5, 5.41) is 9.54. The fourth-order valence-electron chi connectivity index (χ4n) is 2.89. The number of para-hydroxylation sites is 1. The average Bonchev–Trinajstić information content (AvgIpc) is 3.05. The van der Waals surface area contributed by atoms with Crippen molar-refractivity contribution in [2.45, 2.75) is 32.9 Å². The van der Waals surface area contributed by atoms with Gasteiger partial charge >= 0.3 is 6.03 Å². The summed E-state index contributed by atoms with van der Waals surface area (Å²) < 4.78 is 5.79. The molecule has 1 aromatic heterocycles. The highest BCUT2D eigenvalue weighted by Crippen LogP contribution is 2.23. The van der Waals surface area contributed by atoms with Crippen LogP contribution in [0.25, 0.3) is 11.0 Å². The molecule has 6 nitrogen and oxygen atoms in total. The highest BCUT2D eigenvalue weighted by Gasteiger charge is 2.16. The third kappa shape index (κ3) is 4.67. The number of urea groups is 1. The molecule has 0 bridgehead atoms. The molecule has 0 fully saturated rings. The van der Waals surface area contributed by atoms with Crippen LogP contribution in [0.15, 0.2) is 59.0 Å². The number of benzene rings is 2. The molecular formula is C21H23N3O3. The van der Waals surface area contributed by atoms with Gasteiger partial charge in [0.25, 0.3) is 0 Å². The van der Waals surface area contributed by atoms with E-state index in [1.165, 1.54) is 6.92 Å². The van der Waals surface area contributed by atoms with Gasteiger partial charge in [0, 0.05) is 18.0 Å². The summed E-state index contributed by atoms with van der Waals surface area (Å²) in [6.07, 6.45) is 0. The molecule has 2 unspecified atom stereocenters. The molecule has 0 saturated heterocycles. The Hall–Kier alpha value is -3.28. The summed E-state index contributed by atoms with van der Waals surface area (Å²) in [6.45, 7) is 5.22. The fourth-order valence-corrected chi connectivity index (χ4v) is 2.89. The SMILES string of the molecule is CC(=O)Nc1cccc(C(C)NC(=O)NC(C)c2cc3ccccc3o2)c1. The highest BCUT2D eigenvalue weighted by atomic mass is 16.3. The maximum Gasteiger partial charge on any atom is 0.315 e. The predicted molar refractivity (Wildman–Crippen MR) is 105 cm³/mol. The van der Waals surface area contributed by atoms with Gasteiger partial charge in [0.05, 0.1) is 12.1 Å². The Morgan fingerprint density at radius 3 is 2.41 bits per heavy atom. The van der Waals surface area contributed by atoms with Crippen LogP contribution in [0.1, 0.15) is 44.2 Å². The van der Waals surface area contributed by atoms with Crippen molar-refractivity contribution < 1.29 is 14.0 Å². The smallest absolute Gasteiger partial charge is 0.315 e. The molecule has 27 heavy (non-hydrogen) atoms. The standard InChI is InChI=1S/C21H23N3O3/c1-13(16-8-6-9-18(11-16)24-15(3)25)22-21(26)23-14(2)20-12-17-7-4-5-10-19(17)27-20/h4-14H,1-3H3,(H,24,25)(H2,22,23,26). The van der Waals surface area contributed by atoms with Crippen LogP contribution in [0.5, 0.6) is 0 Å². The van der Waals surface area contributed by atoms with E-state index < -0.39 is 0 Å². The van der Waals surface area contributed by atoms with Crippen molar-refractivity contribution in [2.75, 3.05) is 5.32 Å². The van der Waals surface area contributed by atoms with Crippen LogP contribution in [0, 0.1) is 0 Å². The molecule has 2 aromatic carbocycles. The Morgan fingerprint density at radius 1 is 0.926 bits per heavy atom. The number of hydrogen-bond acceptors (Lipinski definition) is 3. The lowest BCUT2D eigenvalue weighted by atomic mass is 10.1. The van der Waals surface area contributed by atoms with Gasteiger partial charge < -0.3 is 20.4 Å². The Kier molecular flexibility index (Phi) is 5.45. The Labute approximate surface area is 157 Å². The highest BCUT2D eigenvalue weighted by molar-refractivity contribution is 5.88. The van der Waals surface area contributed by atoms with Crippen LogP contribution >= 0.6 is 0 Å². The molecule has 6 heteroatoms. The van der Waals surface area contributed by atoms with Gasteiger partial charge in [0.2, 0.25) is 5.91 Å². The van der Waals surface area contributed by atoms with Gasteiger partial charge in [0.15, 0.2) is 0 Å². The van der Waals surface area contributed by atoms with Crippen molar-refractivity contribution in [3.8, 4) is 0 Å². The zero-order valence-electron chi connectivity index (χ0n) is 15.6. The third-order valence-electron chi connectivity index (χ3n) is 4.27. The monoisotopic (exact) mass is 365 g/mol. The van der Waals surface area contributed by atoms with Crippen molar-refractivity contribution in [3.05, 3.63) is 65.9 Å². The molecule has 0 aliphatic carbocycles. The van der Waals surface area contributed by atoms with Gasteiger partial charge in [-0.15, -0.1) is 0 Å². The van der Waals surface area contributed by atoms with E-state index in [0.29, 0.717) is 11.4 Å². The van der Waals surface area contributed by atoms with Crippen molar-refractivity contribution in [1.82, 2.24) is 10.6 Å². The number of amides is 3. The number of hydrogen-bond donors (Lipinski definition) is 3. The van der Waals surface area contributed by atoms with Gasteiger partial charge in [0.1, 0.15) is 11.3 Å². The summed E-state index contributed by atoms with van der Waals surface area (Å²) in [4.78, 5) is 23.5. The van der Waals surface area contributed by atoms with Crippen LogP contribution in [0.3, 0.4) is 0 Å². The van der Waals surface area contributed by atoms with Gasteiger partial charge in [-0.1, -0.05) is 30.3 Å². The number of anilines is 1. The van der Waals surface area contributed by atoms with Crippen molar-refractivity contribution in [1.29, 1.82) is 0 Å². The molecule has 0 spiro atoms. The normalized spacial score (nSPS) is 13.0. The van der Waals surface area contributed by atoms with Crippen LogP contribution in [-0.4, -0.2) is 11.9 Å². The Balaban J connectivity index is 1.62. The molecule has 1 heterocycles. The molecule has 140 valence electrons. The van der Waals surface area contributed by atoms with E-state index in [9.17, 15) is 9.59 Å². The first kappa shape index (κ1) is 18.5. The second-order valence-corrected chi connectivity index (χ2v) is 6.55. The van der Waals surface area contributed by atoms with Crippen molar-refractivity contribution >= 4 is 28.6 Å². The number of carbonyl (C=O) groups excluding carboxylic acids is 2. The maximum absolute atomic E-state index is 12.4. The molecule has 2 atom stereocenters. The van der Waals surface area contributed by atoms with E-state index >= 15 is 0 Å². The van der Waals surface area contributed by atoms with Crippen molar-refractivity contribution in [2.24, 2.45) is 0 Å². The minimum Gasteiger partial charge on any atom is -0.459 e. The molecule has 0 radical (unpaired) electrons. The lowest BCUT2D eigenvalue weighted by Crippen LogP contribution is -2.38. The topological polar surface area (TPSA) is 83.4 Å². The van der Waals surface area contributed by atoms with Gasteiger partial charge in [-0.2, -0.15) is 0 Å². The summed E-state index contributed by atoms with van der Waals surface area (Å²) >= 11 is 0. The van der Waals surface area contributed by atoms with E-state index in [4.69, 9.17) is 4.42 Å². The van der Waals surface area contributed by atoms with Crippen LogP contribution in [-0.2, 0) is 4.79 Å². The molecule has 3 aromatic rings. The van der Waals surface area contributed by atoms with E-state index in [1.54, 1.807) is 6.07 Å². The molecule has 3 N–H and O–H groups in total. The first-order chi connectivity index (χ1) is 12.9. The number of nitrogens with one attached hydrogen (secondary N) is 3. The molecule has 3 rings (SSSR count). The van der Waals surface area contributed by atoms with E-state index in [0.717, 1.165) is 16.5 Å². The maximum atomic E-state index is 12.4. The molecular weight excluding hydrogens is 342 g/mol. The van der Waals surface area contributed by atoms with Crippen molar-refractivity contribution in [3.63, 3.8) is 0 Å². The Bertz CT molecular complexity index is 931. The molecule has 0 aliphatic heterocycles.